The van der Waals surface area contributed by atoms with Crippen molar-refractivity contribution in [3.05, 3.63) is 30.1 Å². The fourth-order valence-corrected chi connectivity index (χ4v) is 2.30. The summed E-state index contributed by atoms with van der Waals surface area (Å²) in [6.45, 7) is 6.44. The molecule has 1 aromatic carbocycles. The van der Waals surface area contributed by atoms with Crippen molar-refractivity contribution in [2.75, 3.05) is 57.4 Å². The summed E-state index contributed by atoms with van der Waals surface area (Å²) in [6.07, 6.45) is 0. The molecule has 2 N–H and O–H groups in total. The molecule has 1 aliphatic heterocycles. The maximum Gasteiger partial charge on any atom is 0.146 e. The Kier molecular flexibility index (Phi) is 5.57. The topological polar surface area (TPSA) is 41.7 Å². The van der Waals surface area contributed by atoms with Crippen LogP contribution in [-0.4, -0.2) is 57.4 Å². The Morgan fingerprint density at radius 1 is 1.11 bits per heavy atom. The fourth-order valence-electron chi connectivity index (χ4n) is 2.30. The smallest absolute Gasteiger partial charge is 0.146 e. The van der Waals surface area contributed by atoms with Crippen LogP contribution in [-0.2, 0) is 4.74 Å². The molecule has 1 saturated heterocycles. The Balaban J connectivity index is 1.75. The second-order valence-corrected chi connectivity index (χ2v) is 4.68. The van der Waals surface area contributed by atoms with Crippen LogP contribution in [0.5, 0.6) is 0 Å². The van der Waals surface area contributed by atoms with Gasteiger partial charge in [0.25, 0.3) is 0 Å². The van der Waals surface area contributed by atoms with Gasteiger partial charge >= 0.3 is 0 Å². The van der Waals surface area contributed by atoms with Gasteiger partial charge in [-0.2, -0.15) is 0 Å². The van der Waals surface area contributed by atoms with Gasteiger partial charge in [0.05, 0.1) is 18.9 Å². The lowest BCUT2D eigenvalue weighted by Crippen LogP contribution is -2.47. The van der Waals surface area contributed by atoms with Crippen molar-refractivity contribution in [2.45, 2.75) is 0 Å². The molecule has 0 unspecified atom stereocenters. The Morgan fingerprint density at radius 3 is 2.53 bits per heavy atom. The highest BCUT2D eigenvalue weighted by Gasteiger charge is 2.18. The number of anilines is 1. The number of hydrogen-bond donors (Lipinski definition) is 1. The fraction of sp³-hybridized carbons (Fsp3) is 0.571. The van der Waals surface area contributed by atoms with E-state index in [4.69, 9.17) is 10.5 Å². The van der Waals surface area contributed by atoms with Crippen LogP contribution in [0, 0.1) is 5.82 Å². The molecule has 0 saturated carbocycles. The molecule has 0 amide bonds. The van der Waals surface area contributed by atoms with E-state index in [1.54, 1.807) is 6.07 Å². The number of hydrogen-bond acceptors (Lipinski definition) is 4. The molecule has 1 heterocycles. The van der Waals surface area contributed by atoms with Crippen LogP contribution in [0.2, 0.25) is 0 Å². The van der Waals surface area contributed by atoms with E-state index in [1.807, 2.05) is 12.1 Å². The number of ether oxygens (including phenoxy) is 1. The quantitative estimate of drug-likeness (QED) is 0.778. The van der Waals surface area contributed by atoms with Crippen LogP contribution in [0.1, 0.15) is 0 Å². The van der Waals surface area contributed by atoms with Crippen molar-refractivity contribution in [1.82, 2.24) is 4.90 Å². The van der Waals surface area contributed by atoms with Crippen LogP contribution < -0.4 is 10.6 Å². The lowest BCUT2D eigenvalue weighted by molar-refractivity contribution is 0.107. The maximum absolute atomic E-state index is 13.7. The molecule has 4 nitrogen and oxygen atoms in total. The van der Waals surface area contributed by atoms with Crippen LogP contribution in [0.3, 0.4) is 0 Å². The van der Waals surface area contributed by atoms with Crippen LogP contribution in [0.25, 0.3) is 0 Å². The van der Waals surface area contributed by atoms with E-state index in [-0.39, 0.29) is 5.82 Å². The minimum absolute atomic E-state index is 0.137. The zero-order valence-electron chi connectivity index (χ0n) is 11.2. The first-order valence-corrected chi connectivity index (χ1v) is 6.81. The van der Waals surface area contributed by atoms with Crippen molar-refractivity contribution in [3.63, 3.8) is 0 Å². The van der Waals surface area contributed by atoms with E-state index in [9.17, 15) is 4.39 Å². The van der Waals surface area contributed by atoms with Gasteiger partial charge in [-0.3, -0.25) is 4.90 Å². The summed E-state index contributed by atoms with van der Waals surface area (Å²) < 4.78 is 19.0. The van der Waals surface area contributed by atoms with Crippen molar-refractivity contribution >= 4 is 5.69 Å². The van der Waals surface area contributed by atoms with Crippen molar-refractivity contribution in [3.8, 4) is 0 Å². The summed E-state index contributed by atoms with van der Waals surface area (Å²) in [7, 11) is 0. The molecule has 19 heavy (non-hydrogen) atoms. The molecule has 0 aliphatic carbocycles. The first-order valence-electron chi connectivity index (χ1n) is 6.81. The van der Waals surface area contributed by atoms with Gasteiger partial charge in [0.1, 0.15) is 5.82 Å². The van der Waals surface area contributed by atoms with E-state index >= 15 is 0 Å². The molecule has 0 spiro atoms. The Morgan fingerprint density at radius 2 is 1.84 bits per heavy atom. The third-order valence-electron chi connectivity index (χ3n) is 3.38. The zero-order chi connectivity index (χ0) is 13.5. The maximum atomic E-state index is 13.7. The average molecular weight is 267 g/mol. The first kappa shape index (κ1) is 14.2. The van der Waals surface area contributed by atoms with Crippen LogP contribution in [0.4, 0.5) is 10.1 Å². The summed E-state index contributed by atoms with van der Waals surface area (Å²) >= 11 is 0. The number of nitrogens with zero attached hydrogens (tertiary/aromatic N) is 2. The Bertz CT molecular complexity index is 381. The Hall–Kier alpha value is -1.17. The highest BCUT2D eigenvalue weighted by Crippen LogP contribution is 2.19. The number of nitrogens with two attached hydrogens (primary N) is 1. The lowest BCUT2D eigenvalue weighted by Gasteiger charge is -2.36. The van der Waals surface area contributed by atoms with Gasteiger partial charge in [-0.25, -0.2) is 4.39 Å². The van der Waals surface area contributed by atoms with Crippen molar-refractivity contribution < 1.29 is 9.13 Å². The summed E-state index contributed by atoms with van der Waals surface area (Å²) in [5.41, 5.74) is 6.07. The molecule has 0 bridgehead atoms. The molecule has 0 atom stereocenters. The Labute approximate surface area is 113 Å². The van der Waals surface area contributed by atoms with Crippen LogP contribution >= 0.6 is 0 Å². The standard InChI is InChI=1S/C14H22FN3O/c15-13-3-1-2-4-14(13)18-8-6-17(7-9-18)10-12-19-11-5-16/h1-4H,5-12,16H2. The second kappa shape index (κ2) is 7.43. The monoisotopic (exact) mass is 267 g/mol. The third-order valence-corrected chi connectivity index (χ3v) is 3.38. The average Bonchev–Trinajstić information content (AvgIpc) is 2.45. The summed E-state index contributed by atoms with van der Waals surface area (Å²) in [5.74, 6) is -0.137. The van der Waals surface area contributed by atoms with Gasteiger partial charge in [0.2, 0.25) is 0 Å². The lowest BCUT2D eigenvalue weighted by atomic mass is 10.2. The number of benzene rings is 1. The SMILES string of the molecule is NCCOCCN1CCN(c2ccccc2F)CC1. The minimum atomic E-state index is -0.137. The van der Waals surface area contributed by atoms with E-state index in [0.717, 1.165) is 39.3 Å². The number of rotatable bonds is 6. The van der Waals surface area contributed by atoms with E-state index in [0.29, 0.717) is 18.8 Å². The van der Waals surface area contributed by atoms with Gasteiger partial charge in [0, 0.05) is 39.3 Å². The van der Waals surface area contributed by atoms with E-state index in [2.05, 4.69) is 9.80 Å². The van der Waals surface area contributed by atoms with Gasteiger partial charge in [0.15, 0.2) is 0 Å². The number of halogens is 1. The highest BCUT2D eigenvalue weighted by atomic mass is 19.1. The normalized spacial score (nSPS) is 16.8. The van der Waals surface area contributed by atoms with Crippen LogP contribution in [0.15, 0.2) is 24.3 Å². The number of piperazine rings is 1. The second-order valence-electron chi connectivity index (χ2n) is 4.68. The molecule has 0 radical (unpaired) electrons. The van der Waals surface area contributed by atoms with Crippen molar-refractivity contribution in [2.24, 2.45) is 5.73 Å². The molecular formula is C14H22FN3O. The molecule has 5 heteroatoms. The molecular weight excluding hydrogens is 245 g/mol. The number of para-hydroxylation sites is 1. The predicted molar refractivity (Wildman–Crippen MR) is 74.9 cm³/mol. The van der Waals surface area contributed by atoms with Gasteiger partial charge in [-0.05, 0) is 12.1 Å². The highest BCUT2D eigenvalue weighted by molar-refractivity contribution is 5.47. The molecule has 0 aromatic heterocycles. The van der Waals surface area contributed by atoms with Gasteiger partial charge < -0.3 is 15.4 Å². The van der Waals surface area contributed by atoms with E-state index < -0.39 is 0 Å². The van der Waals surface area contributed by atoms with Gasteiger partial charge in [-0.15, -0.1) is 0 Å². The summed E-state index contributed by atoms with van der Waals surface area (Å²) in [6, 6.07) is 6.97. The van der Waals surface area contributed by atoms with Gasteiger partial charge in [-0.1, -0.05) is 12.1 Å². The molecule has 1 aliphatic rings. The first-order chi connectivity index (χ1) is 9.31. The predicted octanol–water partition coefficient (Wildman–Crippen LogP) is 0.923. The largest absolute Gasteiger partial charge is 0.379 e. The summed E-state index contributed by atoms with van der Waals surface area (Å²) in [4.78, 5) is 4.44. The molecule has 1 fully saturated rings. The zero-order valence-corrected chi connectivity index (χ0v) is 11.2. The van der Waals surface area contributed by atoms with E-state index in [1.165, 1.54) is 6.07 Å². The molecule has 1 aromatic rings. The molecule has 2 rings (SSSR count). The summed E-state index contributed by atoms with van der Waals surface area (Å²) in [5, 5.41) is 0. The molecule has 106 valence electrons. The third kappa shape index (κ3) is 4.16. The van der Waals surface area contributed by atoms with Crippen molar-refractivity contribution in [1.29, 1.82) is 0 Å². The minimum Gasteiger partial charge on any atom is -0.379 e.